The van der Waals surface area contributed by atoms with Crippen molar-refractivity contribution in [3.05, 3.63) is 12.2 Å². The van der Waals surface area contributed by atoms with Crippen molar-refractivity contribution in [3.63, 3.8) is 0 Å². The van der Waals surface area contributed by atoms with Gasteiger partial charge in [-0.3, -0.25) is 0 Å². The molecule has 92 valence electrons. The molecule has 0 amide bonds. The Kier molecular flexibility index (Phi) is 10.1. The second kappa shape index (κ2) is 10.7. The quantitative estimate of drug-likeness (QED) is 0.391. The molecular weight excluding hydrogens is 204 g/mol. The molecule has 1 N–H and O–H groups in total. The van der Waals surface area contributed by atoms with Crippen LogP contribution in [0.25, 0.3) is 0 Å². The maximum Gasteiger partial charge on any atom is 0.146 e. The molecule has 0 radical (unpaired) electrons. The van der Waals surface area contributed by atoms with Crippen LogP contribution in [0.3, 0.4) is 0 Å². The van der Waals surface area contributed by atoms with Crippen LogP contribution in [-0.2, 0) is 9.47 Å². The fraction of sp³-hybridized carbons (Fsp3) is 0.692. The van der Waals surface area contributed by atoms with E-state index in [-0.39, 0.29) is 0 Å². The summed E-state index contributed by atoms with van der Waals surface area (Å²) >= 11 is 0. The zero-order valence-corrected chi connectivity index (χ0v) is 10.3. The average molecular weight is 226 g/mol. The molecule has 16 heavy (non-hydrogen) atoms. The Bertz CT molecular complexity index is 237. The summed E-state index contributed by atoms with van der Waals surface area (Å²) < 4.78 is 9.89. The van der Waals surface area contributed by atoms with Crippen LogP contribution >= 0.6 is 0 Å². The van der Waals surface area contributed by atoms with Gasteiger partial charge in [0.15, 0.2) is 0 Å². The van der Waals surface area contributed by atoms with Crippen molar-refractivity contribution in [3.8, 4) is 11.8 Å². The molecule has 0 rings (SSSR count). The summed E-state index contributed by atoms with van der Waals surface area (Å²) in [7, 11) is 1.61. The third kappa shape index (κ3) is 8.49. The normalized spacial score (nSPS) is 11.7. The minimum absolute atomic E-state index is 0.352. The van der Waals surface area contributed by atoms with Gasteiger partial charge in [-0.05, 0) is 19.3 Å². The predicted octanol–water partition coefficient (Wildman–Crippen LogP) is 2.11. The van der Waals surface area contributed by atoms with Gasteiger partial charge in [0.25, 0.3) is 0 Å². The van der Waals surface area contributed by atoms with E-state index in [9.17, 15) is 5.11 Å². The van der Waals surface area contributed by atoms with Crippen LogP contribution in [0.1, 0.15) is 32.6 Å². The minimum Gasteiger partial charge on any atom is -0.388 e. The van der Waals surface area contributed by atoms with Crippen molar-refractivity contribution in [1.82, 2.24) is 0 Å². The minimum atomic E-state index is -0.488. The summed E-state index contributed by atoms with van der Waals surface area (Å²) in [4.78, 5) is 0. The highest BCUT2D eigenvalue weighted by atomic mass is 16.7. The molecule has 0 aromatic carbocycles. The standard InChI is InChI=1S/C13H22O3/c1-4-13(14)12(2)9-7-5-6-8-10-16-11-15-3/h13-14H,2,4-6,8,10-11H2,1,3H3. The topological polar surface area (TPSA) is 38.7 Å². The van der Waals surface area contributed by atoms with Crippen molar-refractivity contribution in [2.24, 2.45) is 0 Å². The Morgan fingerprint density at radius 3 is 2.81 bits per heavy atom. The molecule has 0 aromatic rings. The molecule has 3 nitrogen and oxygen atoms in total. The van der Waals surface area contributed by atoms with Gasteiger partial charge in [0.2, 0.25) is 0 Å². The summed E-state index contributed by atoms with van der Waals surface area (Å²) in [5.74, 6) is 5.87. The molecule has 0 aliphatic carbocycles. The lowest BCUT2D eigenvalue weighted by Crippen LogP contribution is -2.05. The van der Waals surface area contributed by atoms with E-state index in [4.69, 9.17) is 9.47 Å². The summed E-state index contributed by atoms with van der Waals surface area (Å²) in [5, 5.41) is 9.39. The van der Waals surface area contributed by atoms with Crippen molar-refractivity contribution in [2.45, 2.75) is 38.7 Å². The first-order valence-corrected chi connectivity index (χ1v) is 5.64. The number of aliphatic hydroxyl groups is 1. The zero-order valence-electron chi connectivity index (χ0n) is 10.3. The fourth-order valence-corrected chi connectivity index (χ4v) is 1.07. The maximum atomic E-state index is 9.39. The molecule has 0 heterocycles. The molecule has 1 unspecified atom stereocenters. The Hall–Kier alpha value is -0.820. The highest BCUT2D eigenvalue weighted by Crippen LogP contribution is 2.02. The van der Waals surface area contributed by atoms with E-state index in [1.165, 1.54) is 0 Å². The summed E-state index contributed by atoms with van der Waals surface area (Å²) in [5.41, 5.74) is 0.609. The molecule has 1 atom stereocenters. The molecule has 0 fully saturated rings. The third-order valence-corrected chi connectivity index (χ3v) is 2.08. The van der Waals surface area contributed by atoms with Crippen LogP contribution in [0.5, 0.6) is 0 Å². The number of aliphatic hydroxyl groups excluding tert-OH is 1. The highest BCUT2D eigenvalue weighted by molar-refractivity contribution is 5.28. The van der Waals surface area contributed by atoms with Crippen LogP contribution in [-0.4, -0.2) is 31.7 Å². The first-order chi connectivity index (χ1) is 7.72. The second-order valence-electron chi connectivity index (χ2n) is 3.52. The first-order valence-electron chi connectivity index (χ1n) is 5.64. The monoisotopic (exact) mass is 226 g/mol. The van der Waals surface area contributed by atoms with E-state index in [0.29, 0.717) is 25.4 Å². The number of methoxy groups -OCH3 is 1. The van der Waals surface area contributed by atoms with Gasteiger partial charge in [-0.1, -0.05) is 25.3 Å². The lowest BCUT2D eigenvalue weighted by atomic mass is 10.1. The van der Waals surface area contributed by atoms with E-state index in [1.807, 2.05) is 6.92 Å². The summed E-state index contributed by atoms with van der Waals surface area (Å²) in [6.07, 6.45) is 2.95. The molecule has 0 aliphatic rings. The SMILES string of the molecule is C=C(C#CCCCCOCOC)C(O)CC. The molecule has 0 spiro atoms. The van der Waals surface area contributed by atoms with E-state index in [1.54, 1.807) is 7.11 Å². The van der Waals surface area contributed by atoms with Gasteiger partial charge >= 0.3 is 0 Å². The summed E-state index contributed by atoms with van der Waals surface area (Å²) in [6, 6.07) is 0. The van der Waals surface area contributed by atoms with E-state index in [0.717, 1.165) is 19.3 Å². The molecule has 0 saturated carbocycles. The molecule has 0 aromatic heterocycles. The van der Waals surface area contributed by atoms with Gasteiger partial charge in [0.05, 0.1) is 6.10 Å². The lowest BCUT2D eigenvalue weighted by Gasteiger charge is -2.03. The van der Waals surface area contributed by atoms with Crippen molar-refractivity contribution >= 4 is 0 Å². The third-order valence-electron chi connectivity index (χ3n) is 2.08. The van der Waals surface area contributed by atoms with Crippen LogP contribution < -0.4 is 0 Å². The Morgan fingerprint density at radius 1 is 1.44 bits per heavy atom. The van der Waals surface area contributed by atoms with Gasteiger partial charge in [-0.15, -0.1) is 0 Å². The summed E-state index contributed by atoms with van der Waals surface area (Å²) in [6.45, 7) is 6.68. The smallest absolute Gasteiger partial charge is 0.146 e. The largest absolute Gasteiger partial charge is 0.388 e. The van der Waals surface area contributed by atoms with Gasteiger partial charge < -0.3 is 14.6 Å². The number of ether oxygens (including phenoxy) is 2. The molecule has 3 heteroatoms. The fourth-order valence-electron chi connectivity index (χ4n) is 1.07. The predicted molar refractivity (Wildman–Crippen MR) is 64.9 cm³/mol. The average Bonchev–Trinajstić information content (AvgIpc) is 2.31. The first kappa shape index (κ1) is 15.2. The molecule has 0 aliphatic heterocycles. The molecular formula is C13H22O3. The lowest BCUT2D eigenvalue weighted by molar-refractivity contribution is -0.0313. The number of hydrogen-bond donors (Lipinski definition) is 1. The number of unbranched alkanes of at least 4 members (excludes halogenated alkanes) is 2. The van der Waals surface area contributed by atoms with Crippen LogP contribution in [0.15, 0.2) is 12.2 Å². The van der Waals surface area contributed by atoms with Gasteiger partial charge in [0, 0.05) is 25.7 Å². The van der Waals surface area contributed by atoms with Gasteiger partial charge in [-0.2, -0.15) is 0 Å². The zero-order chi connectivity index (χ0) is 12.2. The molecule has 0 saturated heterocycles. The molecule has 0 bridgehead atoms. The van der Waals surface area contributed by atoms with Gasteiger partial charge in [0.1, 0.15) is 6.79 Å². The Balaban J connectivity index is 3.44. The number of hydrogen-bond acceptors (Lipinski definition) is 3. The van der Waals surface area contributed by atoms with Crippen LogP contribution in [0.4, 0.5) is 0 Å². The van der Waals surface area contributed by atoms with Crippen LogP contribution in [0, 0.1) is 11.8 Å². The maximum absolute atomic E-state index is 9.39. The second-order valence-corrected chi connectivity index (χ2v) is 3.52. The highest BCUT2D eigenvalue weighted by Gasteiger charge is 2.01. The van der Waals surface area contributed by atoms with Crippen molar-refractivity contribution in [2.75, 3.05) is 20.5 Å². The number of rotatable bonds is 8. The van der Waals surface area contributed by atoms with Crippen LogP contribution in [0.2, 0.25) is 0 Å². The van der Waals surface area contributed by atoms with E-state index >= 15 is 0 Å². The Morgan fingerprint density at radius 2 is 2.19 bits per heavy atom. The Labute approximate surface area is 98.4 Å². The van der Waals surface area contributed by atoms with E-state index < -0.39 is 6.10 Å². The van der Waals surface area contributed by atoms with Crippen molar-refractivity contribution in [1.29, 1.82) is 0 Å². The van der Waals surface area contributed by atoms with Gasteiger partial charge in [-0.25, -0.2) is 0 Å². The van der Waals surface area contributed by atoms with E-state index in [2.05, 4.69) is 18.4 Å². The van der Waals surface area contributed by atoms with Crippen molar-refractivity contribution < 1.29 is 14.6 Å².